The van der Waals surface area contributed by atoms with E-state index in [0.29, 0.717) is 36.2 Å². The van der Waals surface area contributed by atoms with Gasteiger partial charge in [-0.15, -0.1) is 0 Å². The molecule has 148 valence electrons. The first-order chi connectivity index (χ1) is 13.0. The van der Waals surface area contributed by atoms with Crippen molar-refractivity contribution < 1.29 is 14.3 Å². The summed E-state index contributed by atoms with van der Waals surface area (Å²) >= 11 is 12.1. The van der Waals surface area contributed by atoms with Gasteiger partial charge in [0.15, 0.2) is 5.79 Å². The standard InChI is InChI=1S/C20H26Cl2N2O3/c21-17-4-3-15(11-18(17)22)12-19(25)24-8-5-20(26-9-10-27-20)13-16(24)14-23-6-1-2-7-23/h3-4,11,16H,1-2,5-10,12-14H2. The second-order valence-electron chi connectivity index (χ2n) is 7.74. The lowest BCUT2D eigenvalue weighted by molar-refractivity contribution is -0.199. The minimum atomic E-state index is -0.495. The zero-order chi connectivity index (χ0) is 18.9. The van der Waals surface area contributed by atoms with Crippen LogP contribution in [0.4, 0.5) is 0 Å². The van der Waals surface area contributed by atoms with Gasteiger partial charge < -0.3 is 19.3 Å². The van der Waals surface area contributed by atoms with E-state index in [0.717, 1.165) is 38.0 Å². The largest absolute Gasteiger partial charge is 0.347 e. The van der Waals surface area contributed by atoms with E-state index in [9.17, 15) is 4.79 Å². The summed E-state index contributed by atoms with van der Waals surface area (Å²) < 4.78 is 11.9. The zero-order valence-electron chi connectivity index (χ0n) is 15.5. The smallest absolute Gasteiger partial charge is 0.227 e. The molecule has 1 aromatic carbocycles. The van der Waals surface area contributed by atoms with Crippen LogP contribution in [0.1, 0.15) is 31.2 Å². The Labute approximate surface area is 170 Å². The summed E-state index contributed by atoms with van der Waals surface area (Å²) in [5.74, 6) is -0.365. The van der Waals surface area contributed by atoms with Crippen LogP contribution in [-0.4, -0.2) is 66.9 Å². The van der Waals surface area contributed by atoms with Gasteiger partial charge in [0.05, 0.1) is 29.7 Å². The average molecular weight is 413 g/mol. The molecule has 0 saturated carbocycles. The number of benzene rings is 1. The van der Waals surface area contributed by atoms with Crippen LogP contribution >= 0.6 is 23.2 Å². The molecule has 1 spiro atoms. The highest BCUT2D eigenvalue weighted by Crippen LogP contribution is 2.35. The predicted octanol–water partition coefficient (Wildman–Crippen LogP) is 3.37. The van der Waals surface area contributed by atoms with Crippen molar-refractivity contribution in [2.24, 2.45) is 0 Å². The van der Waals surface area contributed by atoms with E-state index < -0.39 is 5.79 Å². The minimum Gasteiger partial charge on any atom is -0.347 e. The van der Waals surface area contributed by atoms with Crippen molar-refractivity contribution in [3.8, 4) is 0 Å². The van der Waals surface area contributed by atoms with E-state index in [-0.39, 0.29) is 11.9 Å². The molecule has 0 radical (unpaired) electrons. The van der Waals surface area contributed by atoms with Gasteiger partial charge in [0.1, 0.15) is 0 Å². The van der Waals surface area contributed by atoms with Crippen LogP contribution in [0.3, 0.4) is 0 Å². The highest BCUT2D eigenvalue weighted by atomic mass is 35.5. The number of piperidine rings is 1. The molecular formula is C20H26Cl2N2O3. The highest BCUT2D eigenvalue weighted by molar-refractivity contribution is 6.42. The fourth-order valence-corrected chi connectivity index (χ4v) is 4.80. The summed E-state index contributed by atoms with van der Waals surface area (Å²) in [5, 5.41) is 0.996. The van der Waals surface area contributed by atoms with Gasteiger partial charge in [-0.25, -0.2) is 0 Å². The Hall–Kier alpha value is -0.850. The molecule has 1 amide bonds. The molecule has 3 saturated heterocycles. The minimum absolute atomic E-state index is 0.116. The fraction of sp³-hybridized carbons (Fsp3) is 0.650. The van der Waals surface area contributed by atoms with Crippen molar-refractivity contribution in [3.05, 3.63) is 33.8 Å². The number of amides is 1. The zero-order valence-corrected chi connectivity index (χ0v) is 17.0. The summed E-state index contributed by atoms with van der Waals surface area (Å²) in [5.41, 5.74) is 0.892. The Morgan fingerprint density at radius 2 is 1.85 bits per heavy atom. The monoisotopic (exact) mass is 412 g/mol. The fourth-order valence-electron chi connectivity index (χ4n) is 4.48. The van der Waals surface area contributed by atoms with Crippen LogP contribution in [0, 0.1) is 0 Å². The maximum absolute atomic E-state index is 13.1. The highest BCUT2D eigenvalue weighted by Gasteiger charge is 2.45. The first-order valence-electron chi connectivity index (χ1n) is 9.78. The summed E-state index contributed by atoms with van der Waals surface area (Å²) in [6.07, 6.45) is 4.29. The molecule has 3 aliphatic heterocycles. The van der Waals surface area contributed by atoms with Crippen LogP contribution in [-0.2, 0) is 20.7 Å². The summed E-state index contributed by atoms with van der Waals surface area (Å²) in [6.45, 7) is 5.07. The van der Waals surface area contributed by atoms with Crippen LogP contribution in [0.2, 0.25) is 10.0 Å². The summed E-state index contributed by atoms with van der Waals surface area (Å²) in [7, 11) is 0. The van der Waals surface area contributed by atoms with Crippen LogP contribution < -0.4 is 0 Å². The number of rotatable bonds is 4. The molecule has 5 nitrogen and oxygen atoms in total. The van der Waals surface area contributed by atoms with E-state index in [1.807, 2.05) is 11.0 Å². The molecule has 1 aromatic rings. The molecule has 3 fully saturated rings. The van der Waals surface area contributed by atoms with E-state index in [1.165, 1.54) is 12.8 Å². The van der Waals surface area contributed by atoms with Gasteiger partial charge in [-0.05, 0) is 43.6 Å². The number of carbonyl (C=O) groups excluding carboxylic acids is 1. The van der Waals surface area contributed by atoms with E-state index in [2.05, 4.69) is 4.90 Å². The third kappa shape index (κ3) is 4.43. The van der Waals surface area contributed by atoms with Gasteiger partial charge in [0.25, 0.3) is 0 Å². The average Bonchev–Trinajstić information content (AvgIpc) is 3.31. The number of ether oxygens (including phenoxy) is 2. The van der Waals surface area contributed by atoms with E-state index in [4.69, 9.17) is 32.7 Å². The lowest BCUT2D eigenvalue weighted by atomic mass is 9.94. The Balaban J connectivity index is 1.47. The SMILES string of the molecule is O=C(Cc1ccc(Cl)c(Cl)c1)N1CCC2(CC1CN1CCCC1)OCCO2. The molecule has 1 unspecified atom stereocenters. The number of nitrogens with zero attached hydrogens (tertiary/aromatic N) is 2. The van der Waals surface area contributed by atoms with Crippen molar-refractivity contribution >= 4 is 29.1 Å². The molecular weight excluding hydrogens is 387 g/mol. The maximum atomic E-state index is 13.1. The lowest BCUT2D eigenvalue weighted by Gasteiger charge is -2.44. The Morgan fingerprint density at radius 1 is 1.11 bits per heavy atom. The van der Waals surface area contributed by atoms with Crippen LogP contribution in [0.15, 0.2) is 18.2 Å². The number of hydrogen-bond donors (Lipinski definition) is 0. The van der Waals surface area contributed by atoms with Crippen molar-refractivity contribution in [1.29, 1.82) is 0 Å². The molecule has 3 aliphatic rings. The molecule has 0 N–H and O–H groups in total. The second kappa shape index (κ2) is 8.26. The Kier molecular flexibility index (Phi) is 5.95. The molecule has 0 bridgehead atoms. The third-order valence-electron chi connectivity index (χ3n) is 5.86. The maximum Gasteiger partial charge on any atom is 0.227 e. The first kappa shape index (κ1) is 19.5. The predicted molar refractivity (Wildman–Crippen MR) is 105 cm³/mol. The van der Waals surface area contributed by atoms with Gasteiger partial charge >= 0.3 is 0 Å². The lowest BCUT2D eigenvalue weighted by Crippen LogP contribution is -2.56. The normalized spacial score (nSPS) is 25.4. The molecule has 4 rings (SSSR count). The van der Waals surface area contributed by atoms with Crippen molar-refractivity contribution in [2.45, 2.75) is 43.9 Å². The quantitative estimate of drug-likeness (QED) is 0.759. The molecule has 1 atom stereocenters. The van der Waals surface area contributed by atoms with Gasteiger partial charge in [-0.2, -0.15) is 0 Å². The van der Waals surface area contributed by atoms with E-state index in [1.54, 1.807) is 12.1 Å². The van der Waals surface area contributed by atoms with Crippen LogP contribution in [0.25, 0.3) is 0 Å². The molecule has 3 heterocycles. The van der Waals surface area contributed by atoms with Gasteiger partial charge in [-0.3, -0.25) is 4.79 Å². The van der Waals surface area contributed by atoms with Crippen LogP contribution in [0.5, 0.6) is 0 Å². The van der Waals surface area contributed by atoms with Crippen molar-refractivity contribution in [1.82, 2.24) is 9.80 Å². The summed E-state index contributed by atoms with van der Waals surface area (Å²) in [6, 6.07) is 5.52. The van der Waals surface area contributed by atoms with Crippen molar-refractivity contribution in [2.75, 3.05) is 39.4 Å². The number of carbonyl (C=O) groups is 1. The van der Waals surface area contributed by atoms with Gasteiger partial charge in [0, 0.05) is 32.0 Å². The number of halogens is 2. The first-order valence-corrected chi connectivity index (χ1v) is 10.5. The topological polar surface area (TPSA) is 42.0 Å². The number of hydrogen-bond acceptors (Lipinski definition) is 4. The molecule has 27 heavy (non-hydrogen) atoms. The number of likely N-dealkylation sites (tertiary alicyclic amines) is 2. The molecule has 0 aliphatic carbocycles. The second-order valence-corrected chi connectivity index (χ2v) is 8.55. The van der Waals surface area contributed by atoms with E-state index >= 15 is 0 Å². The van der Waals surface area contributed by atoms with Gasteiger partial charge in [0.2, 0.25) is 5.91 Å². The summed E-state index contributed by atoms with van der Waals surface area (Å²) in [4.78, 5) is 17.6. The third-order valence-corrected chi connectivity index (χ3v) is 6.60. The molecule has 7 heteroatoms. The molecule has 0 aromatic heterocycles. The Morgan fingerprint density at radius 3 is 2.56 bits per heavy atom. The van der Waals surface area contributed by atoms with Gasteiger partial charge in [-0.1, -0.05) is 29.3 Å². The van der Waals surface area contributed by atoms with Crippen molar-refractivity contribution in [3.63, 3.8) is 0 Å². The Bertz CT molecular complexity index is 688.